The Morgan fingerprint density at radius 1 is 1.09 bits per heavy atom. The van der Waals surface area contributed by atoms with Crippen molar-refractivity contribution in [2.24, 2.45) is 0 Å². The molecule has 2 saturated heterocycles. The molecule has 2 heterocycles. The Kier molecular flexibility index (Phi) is 5.51. The Bertz CT molecular complexity index is 534. The number of nitrogens with one attached hydrogen (secondary N) is 1. The smallest absolute Gasteiger partial charge is 0.251 e. The number of ether oxygens (including phenoxy) is 3. The second kappa shape index (κ2) is 7.79. The Hall–Kier alpha value is -1.59. The molecular formula is C18H25NO4. The van der Waals surface area contributed by atoms with Crippen LogP contribution < -0.4 is 10.1 Å². The molecule has 23 heavy (non-hydrogen) atoms. The molecule has 2 aliphatic rings. The number of hydrogen-bond donors (Lipinski definition) is 1. The van der Waals surface area contributed by atoms with Gasteiger partial charge in [0, 0.05) is 37.7 Å². The lowest BCUT2D eigenvalue weighted by Gasteiger charge is -2.25. The van der Waals surface area contributed by atoms with E-state index in [9.17, 15) is 4.79 Å². The maximum Gasteiger partial charge on any atom is 0.251 e. The van der Waals surface area contributed by atoms with Crippen molar-refractivity contribution in [3.05, 3.63) is 29.3 Å². The highest BCUT2D eigenvalue weighted by atomic mass is 16.5. The molecule has 0 spiro atoms. The fraction of sp³-hybridized carbons (Fsp3) is 0.611. The average molecular weight is 319 g/mol. The molecule has 1 aromatic carbocycles. The zero-order chi connectivity index (χ0) is 16.1. The van der Waals surface area contributed by atoms with Crippen LogP contribution in [-0.4, -0.2) is 44.5 Å². The van der Waals surface area contributed by atoms with Gasteiger partial charge < -0.3 is 19.5 Å². The van der Waals surface area contributed by atoms with E-state index in [0.29, 0.717) is 5.56 Å². The van der Waals surface area contributed by atoms with Crippen molar-refractivity contribution in [3.63, 3.8) is 0 Å². The van der Waals surface area contributed by atoms with Gasteiger partial charge in [0.15, 0.2) is 0 Å². The molecule has 0 aromatic heterocycles. The summed E-state index contributed by atoms with van der Waals surface area (Å²) in [5.74, 6) is 0.742. The van der Waals surface area contributed by atoms with Crippen molar-refractivity contribution in [3.8, 4) is 5.75 Å². The number of hydrogen-bond acceptors (Lipinski definition) is 4. The minimum Gasteiger partial charge on any atom is -0.490 e. The number of rotatable bonds is 4. The van der Waals surface area contributed by atoms with E-state index in [0.717, 1.165) is 63.4 Å². The Labute approximate surface area is 137 Å². The van der Waals surface area contributed by atoms with Gasteiger partial charge in [0.25, 0.3) is 5.91 Å². The first-order chi connectivity index (χ1) is 11.2. The predicted octanol–water partition coefficient (Wildman–Crippen LogP) is 2.46. The summed E-state index contributed by atoms with van der Waals surface area (Å²) in [4.78, 5) is 12.6. The van der Waals surface area contributed by atoms with E-state index in [1.807, 2.05) is 25.1 Å². The third kappa shape index (κ3) is 4.45. The number of carbonyl (C=O) groups is 1. The van der Waals surface area contributed by atoms with Crippen LogP contribution in [0.5, 0.6) is 5.75 Å². The first-order valence-electron chi connectivity index (χ1n) is 8.46. The lowest BCUT2D eigenvalue weighted by Crippen LogP contribution is -2.39. The van der Waals surface area contributed by atoms with Crippen LogP contribution in [0.4, 0.5) is 0 Å². The summed E-state index contributed by atoms with van der Waals surface area (Å²) in [6, 6.07) is 5.96. The van der Waals surface area contributed by atoms with Gasteiger partial charge in [0.2, 0.25) is 0 Å². The predicted molar refractivity (Wildman–Crippen MR) is 87.0 cm³/mol. The Morgan fingerprint density at radius 2 is 1.74 bits per heavy atom. The van der Waals surface area contributed by atoms with Crippen molar-refractivity contribution >= 4 is 5.91 Å². The van der Waals surface area contributed by atoms with Crippen LogP contribution in [0.2, 0.25) is 0 Å². The second-order valence-corrected chi connectivity index (χ2v) is 6.27. The highest BCUT2D eigenvalue weighted by Gasteiger charge is 2.20. The SMILES string of the molecule is Cc1ccc(OC2CCOCC2)cc1C(=O)NC1CCOCC1. The van der Waals surface area contributed by atoms with E-state index in [1.54, 1.807) is 0 Å². The Balaban J connectivity index is 1.65. The third-order valence-electron chi connectivity index (χ3n) is 4.48. The molecule has 0 saturated carbocycles. The Morgan fingerprint density at radius 3 is 2.43 bits per heavy atom. The van der Waals surface area contributed by atoms with E-state index in [2.05, 4.69) is 5.32 Å². The number of carbonyl (C=O) groups excluding carboxylic acids is 1. The number of benzene rings is 1. The van der Waals surface area contributed by atoms with Crippen LogP contribution in [-0.2, 0) is 9.47 Å². The highest BCUT2D eigenvalue weighted by molar-refractivity contribution is 5.96. The van der Waals surface area contributed by atoms with E-state index < -0.39 is 0 Å². The molecule has 0 aliphatic carbocycles. The lowest BCUT2D eigenvalue weighted by atomic mass is 10.0. The molecule has 126 valence electrons. The first kappa shape index (κ1) is 16.3. The normalized spacial score (nSPS) is 20.2. The van der Waals surface area contributed by atoms with Crippen LogP contribution in [0.1, 0.15) is 41.6 Å². The summed E-state index contributed by atoms with van der Waals surface area (Å²) in [5.41, 5.74) is 1.66. The quantitative estimate of drug-likeness (QED) is 0.926. The fourth-order valence-electron chi connectivity index (χ4n) is 3.01. The topological polar surface area (TPSA) is 56.8 Å². The monoisotopic (exact) mass is 319 g/mol. The standard InChI is InChI=1S/C18H25NO4/c1-13-2-3-16(23-15-6-10-22-11-7-15)12-17(13)18(20)19-14-4-8-21-9-5-14/h2-3,12,14-15H,4-11H2,1H3,(H,19,20). The average Bonchev–Trinajstić information content (AvgIpc) is 2.58. The van der Waals surface area contributed by atoms with Crippen LogP contribution in [0.15, 0.2) is 18.2 Å². The van der Waals surface area contributed by atoms with Gasteiger partial charge in [-0.15, -0.1) is 0 Å². The second-order valence-electron chi connectivity index (χ2n) is 6.27. The summed E-state index contributed by atoms with van der Waals surface area (Å²) in [6.07, 6.45) is 3.74. The van der Waals surface area contributed by atoms with Crippen LogP contribution in [0.3, 0.4) is 0 Å². The van der Waals surface area contributed by atoms with Crippen molar-refractivity contribution in [2.45, 2.75) is 44.8 Å². The van der Waals surface area contributed by atoms with Crippen molar-refractivity contribution in [2.75, 3.05) is 26.4 Å². The molecule has 0 atom stereocenters. The van der Waals surface area contributed by atoms with Gasteiger partial charge in [-0.2, -0.15) is 0 Å². The van der Waals surface area contributed by atoms with E-state index in [-0.39, 0.29) is 18.1 Å². The molecule has 2 fully saturated rings. The van der Waals surface area contributed by atoms with E-state index >= 15 is 0 Å². The molecule has 1 N–H and O–H groups in total. The molecule has 1 aromatic rings. The summed E-state index contributed by atoms with van der Waals surface area (Å²) in [6.45, 7) is 4.88. The first-order valence-corrected chi connectivity index (χ1v) is 8.46. The summed E-state index contributed by atoms with van der Waals surface area (Å²) in [5, 5.41) is 3.11. The van der Waals surface area contributed by atoms with Crippen molar-refractivity contribution in [1.82, 2.24) is 5.32 Å². The van der Waals surface area contributed by atoms with Gasteiger partial charge in [-0.25, -0.2) is 0 Å². The lowest BCUT2D eigenvalue weighted by molar-refractivity contribution is 0.0255. The zero-order valence-corrected chi connectivity index (χ0v) is 13.7. The minimum absolute atomic E-state index is 0.0215. The van der Waals surface area contributed by atoms with Gasteiger partial charge in [-0.05, 0) is 37.5 Å². The number of aryl methyl sites for hydroxylation is 1. The minimum atomic E-state index is -0.0215. The van der Waals surface area contributed by atoms with Gasteiger partial charge in [-0.1, -0.05) is 6.07 Å². The van der Waals surface area contributed by atoms with Crippen LogP contribution in [0.25, 0.3) is 0 Å². The zero-order valence-electron chi connectivity index (χ0n) is 13.7. The van der Waals surface area contributed by atoms with Crippen LogP contribution in [0, 0.1) is 6.92 Å². The molecule has 0 bridgehead atoms. The van der Waals surface area contributed by atoms with E-state index in [4.69, 9.17) is 14.2 Å². The maximum absolute atomic E-state index is 12.6. The molecule has 0 unspecified atom stereocenters. The molecule has 5 nitrogen and oxygen atoms in total. The van der Waals surface area contributed by atoms with Crippen molar-refractivity contribution in [1.29, 1.82) is 0 Å². The molecule has 0 radical (unpaired) electrons. The summed E-state index contributed by atoms with van der Waals surface area (Å²) < 4.78 is 16.7. The highest BCUT2D eigenvalue weighted by Crippen LogP contribution is 2.22. The molecular weight excluding hydrogens is 294 g/mol. The van der Waals surface area contributed by atoms with Gasteiger partial charge in [0.1, 0.15) is 11.9 Å². The third-order valence-corrected chi connectivity index (χ3v) is 4.48. The van der Waals surface area contributed by atoms with Gasteiger partial charge in [0.05, 0.1) is 13.2 Å². The maximum atomic E-state index is 12.6. The molecule has 1 amide bonds. The largest absolute Gasteiger partial charge is 0.490 e. The van der Waals surface area contributed by atoms with Crippen molar-refractivity contribution < 1.29 is 19.0 Å². The number of amides is 1. The summed E-state index contributed by atoms with van der Waals surface area (Å²) in [7, 11) is 0. The molecule has 3 rings (SSSR count). The van der Waals surface area contributed by atoms with E-state index in [1.165, 1.54) is 0 Å². The molecule has 5 heteroatoms. The fourth-order valence-corrected chi connectivity index (χ4v) is 3.01. The van der Waals surface area contributed by atoms with Crippen LogP contribution >= 0.6 is 0 Å². The van der Waals surface area contributed by atoms with Gasteiger partial charge in [-0.3, -0.25) is 4.79 Å². The van der Waals surface area contributed by atoms with Gasteiger partial charge >= 0.3 is 0 Å². The summed E-state index contributed by atoms with van der Waals surface area (Å²) >= 11 is 0. The molecule has 2 aliphatic heterocycles.